The van der Waals surface area contributed by atoms with Crippen molar-refractivity contribution in [3.63, 3.8) is 0 Å². The quantitative estimate of drug-likeness (QED) is 0.626. The Morgan fingerprint density at radius 2 is 2.29 bits per heavy atom. The zero-order valence-corrected chi connectivity index (χ0v) is 7.82. The third-order valence-electron chi connectivity index (χ3n) is 3.11. The van der Waals surface area contributed by atoms with Gasteiger partial charge in [0.1, 0.15) is 17.0 Å². The maximum absolute atomic E-state index is 11.8. The SMILES string of the molecule is O=C1CC2(CCC2)Oc2cccnc21. The second kappa shape index (κ2) is 2.56. The Bertz CT molecular complexity index is 396. The second-order valence-corrected chi connectivity index (χ2v) is 4.09. The summed E-state index contributed by atoms with van der Waals surface area (Å²) in [6.07, 6.45) is 5.33. The van der Waals surface area contributed by atoms with Gasteiger partial charge in [0.15, 0.2) is 5.78 Å². The van der Waals surface area contributed by atoms with Gasteiger partial charge in [0.2, 0.25) is 0 Å². The minimum Gasteiger partial charge on any atom is -0.484 e. The molecule has 2 aliphatic rings. The molecule has 0 unspecified atom stereocenters. The Hall–Kier alpha value is -1.38. The lowest BCUT2D eigenvalue weighted by Gasteiger charge is -2.44. The predicted molar refractivity (Wildman–Crippen MR) is 50.4 cm³/mol. The van der Waals surface area contributed by atoms with E-state index in [1.165, 1.54) is 6.42 Å². The van der Waals surface area contributed by atoms with Crippen LogP contribution in [0.1, 0.15) is 36.2 Å². The molecule has 1 saturated carbocycles. The normalized spacial score (nSPS) is 22.4. The molecule has 1 aliphatic carbocycles. The highest BCUT2D eigenvalue weighted by Gasteiger charge is 2.45. The van der Waals surface area contributed by atoms with Gasteiger partial charge in [-0.1, -0.05) is 0 Å². The molecule has 3 rings (SSSR count). The Balaban J connectivity index is 2.04. The van der Waals surface area contributed by atoms with Gasteiger partial charge in [0.05, 0.1) is 6.42 Å². The third kappa shape index (κ3) is 0.983. The molecule has 0 atom stereocenters. The van der Waals surface area contributed by atoms with Crippen LogP contribution in [0.15, 0.2) is 18.3 Å². The number of carbonyl (C=O) groups is 1. The molecule has 1 aliphatic heterocycles. The van der Waals surface area contributed by atoms with Gasteiger partial charge in [0.25, 0.3) is 0 Å². The van der Waals surface area contributed by atoms with E-state index in [4.69, 9.17) is 4.74 Å². The first-order valence-electron chi connectivity index (χ1n) is 4.96. The van der Waals surface area contributed by atoms with Crippen molar-refractivity contribution in [1.82, 2.24) is 4.98 Å². The zero-order chi connectivity index (χ0) is 9.60. The lowest BCUT2D eigenvalue weighted by Crippen LogP contribution is -2.47. The summed E-state index contributed by atoms with van der Waals surface area (Å²) in [4.78, 5) is 15.8. The van der Waals surface area contributed by atoms with E-state index in [9.17, 15) is 4.79 Å². The van der Waals surface area contributed by atoms with Gasteiger partial charge in [-0.3, -0.25) is 4.79 Å². The summed E-state index contributed by atoms with van der Waals surface area (Å²) in [5.74, 6) is 0.801. The van der Waals surface area contributed by atoms with Crippen LogP contribution >= 0.6 is 0 Å². The molecule has 0 amide bonds. The molecule has 1 aromatic rings. The number of carbonyl (C=O) groups excluding carboxylic acids is 1. The monoisotopic (exact) mass is 189 g/mol. The van der Waals surface area contributed by atoms with Crippen LogP contribution in [0.2, 0.25) is 0 Å². The largest absolute Gasteiger partial charge is 0.484 e. The number of aromatic nitrogens is 1. The van der Waals surface area contributed by atoms with Crippen molar-refractivity contribution in [3.05, 3.63) is 24.0 Å². The zero-order valence-electron chi connectivity index (χ0n) is 7.82. The van der Waals surface area contributed by atoms with E-state index in [-0.39, 0.29) is 11.4 Å². The van der Waals surface area contributed by atoms with E-state index in [0.29, 0.717) is 17.9 Å². The Labute approximate surface area is 82.1 Å². The topological polar surface area (TPSA) is 39.2 Å². The van der Waals surface area contributed by atoms with Gasteiger partial charge in [0, 0.05) is 6.20 Å². The lowest BCUT2D eigenvalue weighted by atomic mass is 9.75. The lowest BCUT2D eigenvalue weighted by molar-refractivity contribution is -0.0184. The minimum absolute atomic E-state index is 0.131. The van der Waals surface area contributed by atoms with Gasteiger partial charge in [-0.2, -0.15) is 0 Å². The molecule has 0 bridgehead atoms. The molecule has 0 radical (unpaired) electrons. The van der Waals surface area contributed by atoms with Crippen molar-refractivity contribution >= 4 is 5.78 Å². The summed E-state index contributed by atoms with van der Waals surface area (Å²) in [6.45, 7) is 0. The number of ether oxygens (including phenoxy) is 1. The van der Waals surface area contributed by atoms with Gasteiger partial charge >= 0.3 is 0 Å². The number of hydrogen-bond acceptors (Lipinski definition) is 3. The highest BCUT2D eigenvalue weighted by Crippen LogP contribution is 2.43. The Morgan fingerprint density at radius 1 is 1.43 bits per heavy atom. The van der Waals surface area contributed by atoms with E-state index in [1.807, 2.05) is 12.1 Å². The fourth-order valence-corrected chi connectivity index (χ4v) is 2.18. The molecule has 0 N–H and O–H groups in total. The van der Waals surface area contributed by atoms with E-state index < -0.39 is 0 Å². The van der Waals surface area contributed by atoms with E-state index in [0.717, 1.165) is 12.8 Å². The van der Waals surface area contributed by atoms with Crippen LogP contribution in [-0.4, -0.2) is 16.4 Å². The molecular weight excluding hydrogens is 178 g/mol. The number of pyridine rings is 1. The molecule has 3 heteroatoms. The van der Waals surface area contributed by atoms with E-state index in [1.54, 1.807) is 6.20 Å². The molecule has 72 valence electrons. The van der Waals surface area contributed by atoms with Crippen molar-refractivity contribution in [2.45, 2.75) is 31.3 Å². The minimum atomic E-state index is -0.173. The van der Waals surface area contributed by atoms with Crippen molar-refractivity contribution < 1.29 is 9.53 Å². The summed E-state index contributed by atoms with van der Waals surface area (Å²) in [5, 5.41) is 0. The molecular formula is C11H11NO2. The first-order valence-corrected chi connectivity index (χ1v) is 4.96. The highest BCUT2D eigenvalue weighted by molar-refractivity contribution is 5.98. The molecule has 1 aromatic heterocycles. The molecule has 0 saturated heterocycles. The summed E-state index contributed by atoms with van der Waals surface area (Å²) in [6, 6.07) is 3.64. The Kier molecular flexibility index (Phi) is 1.46. The third-order valence-corrected chi connectivity index (χ3v) is 3.11. The van der Waals surface area contributed by atoms with Crippen molar-refractivity contribution in [2.75, 3.05) is 0 Å². The van der Waals surface area contributed by atoms with Crippen LogP contribution in [0.3, 0.4) is 0 Å². The number of fused-ring (bicyclic) bond motifs is 1. The van der Waals surface area contributed by atoms with Crippen molar-refractivity contribution in [2.24, 2.45) is 0 Å². The van der Waals surface area contributed by atoms with Crippen LogP contribution in [-0.2, 0) is 0 Å². The molecule has 0 aromatic carbocycles. The molecule has 1 fully saturated rings. The summed E-state index contributed by atoms with van der Waals surface area (Å²) >= 11 is 0. The van der Waals surface area contributed by atoms with Gasteiger partial charge < -0.3 is 4.74 Å². The summed E-state index contributed by atoms with van der Waals surface area (Å²) in [7, 11) is 0. The fraction of sp³-hybridized carbons (Fsp3) is 0.455. The van der Waals surface area contributed by atoms with Crippen LogP contribution in [0, 0.1) is 0 Å². The Morgan fingerprint density at radius 3 is 3.00 bits per heavy atom. The van der Waals surface area contributed by atoms with Gasteiger partial charge in [-0.25, -0.2) is 4.98 Å². The van der Waals surface area contributed by atoms with Crippen molar-refractivity contribution in [1.29, 1.82) is 0 Å². The number of Topliss-reactive ketones (excluding diaryl/α,β-unsaturated/α-hetero) is 1. The van der Waals surface area contributed by atoms with Gasteiger partial charge in [-0.05, 0) is 31.4 Å². The van der Waals surface area contributed by atoms with Gasteiger partial charge in [-0.15, -0.1) is 0 Å². The number of rotatable bonds is 0. The number of ketones is 1. The number of nitrogens with zero attached hydrogens (tertiary/aromatic N) is 1. The predicted octanol–water partition coefficient (Wildman–Crippen LogP) is 1.97. The fourth-order valence-electron chi connectivity index (χ4n) is 2.18. The standard InChI is InChI=1S/C11H11NO2/c13-8-7-11(4-2-5-11)14-9-3-1-6-12-10(8)9/h1,3,6H,2,4-5,7H2. The van der Waals surface area contributed by atoms with Crippen LogP contribution in [0.4, 0.5) is 0 Å². The number of hydrogen-bond donors (Lipinski definition) is 0. The van der Waals surface area contributed by atoms with E-state index in [2.05, 4.69) is 4.98 Å². The van der Waals surface area contributed by atoms with Crippen LogP contribution < -0.4 is 4.74 Å². The molecule has 3 nitrogen and oxygen atoms in total. The van der Waals surface area contributed by atoms with Crippen LogP contribution in [0.5, 0.6) is 5.75 Å². The summed E-state index contributed by atoms with van der Waals surface area (Å²) in [5.41, 5.74) is 0.331. The smallest absolute Gasteiger partial charge is 0.188 e. The second-order valence-electron chi connectivity index (χ2n) is 4.09. The maximum atomic E-state index is 11.8. The average molecular weight is 189 g/mol. The molecule has 2 heterocycles. The highest BCUT2D eigenvalue weighted by atomic mass is 16.5. The molecule has 14 heavy (non-hydrogen) atoms. The van der Waals surface area contributed by atoms with Crippen molar-refractivity contribution in [3.8, 4) is 5.75 Å². The van der Waals surface area contributed by atoms with Crippen LogP contribution in [0.25, 0.3) is 0 Å². The first kappa shape index (κ1) is 7.97. The maximum Gasteiger partial charge on any atom is 0.188 e. The first-order chi connectivity index (χ1) is 6.79. The van der Waals surface area contributed by atoms with E-state index >= 15 is 0 Å². The average Bonchev–Trinajstić information content (AvgIpc) is 2.15. The summed E-state index contributed by atoms with van der Waals surface area (Å²) < 4.78 is 5.84. The molecule has 1 spiro atoms.